The number of phenols is 1. The molecule has 0 bridgehead atoms. The number of rotatable bonds is 8. The number of hydrogen-bond acceptors (Lipinski definition) is 4. The van der Waals surface area contributed by atoms with Crippen molar-refractivity contribution in [3.63, 3.8) is 0 Å². The van der Waals surface area contributed by atoms with Crippen LogP contribution in [0.25, 0.3) is 0 Å². The lowest BCUT2D eigenvalue weighted by Gasteiger charge is -2.17. The molecule has 1 aromatic carbocycles. The van der Waals surface area contributed by atoms with Crippen LogP contribution in [0.4, 0.5) is 0 Å². The maximum Gasteiger partial charge on any atom is 0.211 e. The molecule has 0 radical (unpaired) electrons. The van der Waals surface area contributed by atoms with E-state index in [1.54, 1.807) is 6.07 Å². The maximum atomic E-state index is 11.4. The summed E-state index contributed by atoms with van der Waals surface area (Å²) in [5, 5.41) is 13.0. The van der Waals surface area contributed by atoms with Crippen LogP contribution in [-0.4, -0.2) is 43.7 Å². The van der Waals surface area contributed by atoms with Crippen molar-refractivity contribution in [3.8, 4) is 5.75 Å². The highest BCUT2D eigenvalue weighted by Gasteiger charge is 2.13. The minimum atomic E-state index is -3.11. The Morgan fingerprint density at radius 3 is 2.70 bits per heavy atom. The van der Waals surface area contributed by atoms with E-state index >= 15 is 0 Å². The van der Waals surface area contributed by atoms with Crippen LogP contribution >= 0.6 is 15.9 Å². The van der Waals surface area contributed by atoms with Gasteiger partial charge < -0.3 is 10.4 Å². The predicted octanol–water partition coefficient (Wildman–Crippen LogP) is 1.92. The van der Waals surface area contributed by atoms with Crippen LogP contribution in [0.5, 0.6) is 5.75 Å². The standard InChI is InChI=1S/C13H21BrN2O3S/c1-3-16(20(2,18)19)9-5-8-15-10-11-6-4-7-12(14)13(11)17/h4,6-7,15,17H,3,5,8-10H2,1-2H3. The van der Waals surface area contributed by atoms with Gasteiger partial charge in [0.25, 0.3) is 0 Å². The molecule has 2 N–H and O–H groups in total. The fraction of sp³-hybridized carbons (Fsp3) is 0.538. The van der Waals surface area contributed by atoms with E-state index < -0.39 is 10.0 Å². The Hall–Kier alpha value is -0.630. The second kappa shape index (κ2) is 7.97. The van der Waals surface area contributed by atoms with Crippen molar-refractivity contribution < 1.29 is 13.5 Å². The molecule has 0 amide bonds. The summed E-state index contributed by atoms with van der Waals surface area (Å²) < 4.78 is 24.9. The SMILES string of the molecule is CCN(CCCNCc1cccc(Br)c1O)S(C)(=O)=O. The lowest BCUT2D eigenvalue weighted by Crippen LogP contribution is -2.32. The summed E-state index contributed by atoms with van der Waals surface area (Å²) in [5.74, 6) is 0.242. The zero-order valence-electron chi connectivity index (χ0n) is 11.8. The molecule has 0 aliphatic heterocycles. The third-order valence-corrected chi connectivity index (χ3v) is 4.99. The molecular weight excluding hydrogens is 344 g/mol. The number of benzene rings is 1. The van der Waals surface area contributed by atoms with E-state index in [0.717, 1.165) is 12.0 Å². The summed E-state index contributed by atoms with van der Waals surface area (Å²) in [6.07, 6.45) is 1.96. The van der Waals surface area contributed by atoms with Crippen molar-refractivity contribution in [2.24, 2.45) is 0 Å². The molecule has 0 aliphatic rings. The minimum Gasteiger partial charge on any atom is -0.506 e. The first-order valence-electron chi connectivity index (χ1n) is 6.48. The average molecular weight is 365 g/mol. The van der Waals surface area contributed by atoms with Crippen LogP contribution in [0.2, 0.25) is 0 Å². The van der Waals surface area contributed by atoms with Gasteiger partial charge >= 0.3 is 0 Å². The Balaban J connectivity index is 2.34. The van der Waals surface area contributed by atoms with E-state index in [0.29, 0.717) is 30.7 Å². The number of para-hydroxylation sites is 1. The van der Waals surface area contributed by atoms with Crippen molar-refractivity contribution in [2.45, 2.75) is 19.9 Å². The molecule has 1 aromatic rings. The summed E-state index contributed by atoms with van der Waals surface area (Å²) in [7, 11) is -3.11. The molecule has 0 saturated heterocycles. The molecule has 0 unspecified atom stereocenters. The summed E-state index contributed by atoms with van der Waals surface area (Å²) in [5.41, 5.74) is 0.815. The van der Waals surface area contributed by atoms with Crippen molar-refractivity contribution in [1.29, 1.82) is 0 Å². The summed E-state index contributed by atoms with van der Waals surface area (Å²) in [6, 6.07) is 5.50. The molecule has 114 valence electrons. The number of nitrogens with zero attached hydrogens (tertiary/aromatic N) is 1. The van der Waals surface area contributed by atoms with Crippen LogP contribution in [0.1, 0.15) is 18.9 Å². The van der Waals surface area contributed by atoms with Crippen molar-refractivity contribution in [2.75, 3.05) is 25.9 Å². The maximum absolute atomic E-state index is 11.4. The van der Waals surface area contributed by atoms with Crippen molar-refractivity contribution in [1.82, 2.24) is 9.62 Å². The van der Waals surface area contributed by atoms with Crippen LogP contribution in [0.3, 0.4) is 0 Å². The van der Waals surface area contributed by atoms with Gasteiger partial charge in [0.2, 0.25) is 10.0 Å². The van der Waals surface area contributed by atoms with Gasteiger partial charge in [0.1, 0.15) is 5.75 Å². The largest absolute Gasteiger partial charge is 0.506 e. The Bertz CT molecular complexity index is 534. The summed E-state index contributed by atoms with van der Waals surface area (Å²) >= 11 is 3.27. The molecular formula is C13H21BrN2O3S. The van der Waals surface area contributed by atoms with Gasteiger partial charge in [-0.05, 0) is 35.0 Å². The number of sulfonamides is 1. The van der Waals surface area contributed by atoms with Gasteiger partial charge in [-0.15, -0.1) is 0 Å². The molecule has 0 fully saturated rings. The topological polar surface area (TPSA) is 69.6 Å². The van der Waals surface area contributed by atoms with E-state index in [1.165, 1.54) is 10.6 Å². The average Bonchev–Trinajstić information content (AvgIpc) is 2.37. The smallest absolute Gasteiger partial charge is 0.211 e. The lowest BCUT2D eigenvalue weighted by atomic mass is 10.2. The fourth-order valence-corrected chi connectivity index (χ4v) is 3.20. The molecule has 0 spiro atoms. The molecule has 20 heavy (non-hydrogen) atoms. The second-order valence-corrected chi connectivity index (χ2v) is 7.37. The van der Waals surface area contributed by atoms with Crippen LogP contribution in [0, 0.1) is 0 Å². The van der Waals surface area contributed by atoms with E-state index in [4.69, 9.17) is 0 Å². The van der Waals surface area contributed by atoms with Crippen molar-refractivity contribution >= 4 is 26.0 Å². The Morgan fingerprint density at radius 1 is 1.40 bits per heavy atom. The van der Waals surface area contributed by atoms with Crippen molar-refractivity contribution in [3.05, 3.63) is 28.2 Å². The monoisotopic (exact) mass is 364 g/mol. The molecule has 7 heteroatoms. The second-order valence-electron chi connectivity index (χ2n) is 4.53. The van der Waals surface area contributed by atoms with Gasteiger partial charge in [0.05, 0.1) is 10.7 Å². The zero-order valence-corrected chi connectivity index (χ0v) is 14.2. The number of halogens is 1. The predicted molar refractivity (Wildman–Crippen MR) is 84.2 cm³/mol. The van der Waals surface area contributed by atoms with Crippen LogP contribution in [0.15, 0.2) is 22.7 Å². The Morgan fingerprint density at radius 2 is 2.10 bits per heavy atom. The molecule has 0 heterocycles. The number of nitrogens with one attached hydrogen (secondary N) is 1. The molecule has 0 atom stereocenters. The number of hydrogen-bond donors (Lipinski definition) is 2. The molecule has 0 saturated carbocycles. The van der Waals surface area contributed by atoms with E-state index in [9.17, 15) is 13.5 Å². The molecule has 0 aliphatic carbocycles. The van der Waals surface area contributed by atoms with Gasteiger partial charge in [0, 0.05) is 25.2 Å². The molecule has 0 aromatic heterocycles. The first-order valence-corrected chi connectivity index (χ1v) is 9.12. The van der Waals surface area contributed by atoms with Gasteiger partial charge in [-0.25, -0.2) is 12.7 Å². The highest BCUT2D eigenvalue weighted by atomic mass is 79.9. The van der Waals surface area contributed by atoms with Gasteiger partial charge in [-0.2, -0.15) is 0 Å². The molecule has 5 nitrogen and oxygen atoms in total. The first-order chi connectivity index (χ1) is 9.36. The highest BCUT2D eigenvalue weighted by molar-refractivity contribution is 9.10. The Labute approximate surface area is 129 Å². The molecule has 1 rings (SSSR count). The van der Waals surface area contributed by atoms with Gasteiger partial charge in [-0.3, -0.25) is 0 Å². The van der Waals surface area contributed by atoms with E-state index in [-0.39, 0.29) is 5.75 Å². The van der Waals surface area contributed by atoms with Crippen LogP contribution in [-0.2, 0) is 16.6 Å². The quantitative estimate of drug-likeness (QED) is 0.691. The number of aromatic hydroxyl groups is 1. The van der Waals surface area contributed by atoms with E-state index in [2.05, 4.69) is 21.2 Å². The normalized spacial score (nSPS) is 12.0. The number of phenolic OH excluding ortho intramolecular Hbond substituents is 1. The zero-order chi connectivity index (χ0) is 15.2. The Kier molecular flexibility index (Phi) is 6.94. The van der Waals surface area contributed by atoms with Crippen LogP contribution < -0.4 is 5.32 Å². The third-order valence-electron chi connectivity index (χ3n) is 2.97. The lowest BCUT2D eigenvalue weighted by molar-refractivity contribution is 0.418. The third kappa shape index (κ3) is 5.40. The minimum absolute atomic E-state index is 0.242. The van der Waals surface area contributed by atoms with E-state index in [1.807, 2.05) is 19.1 Å². The first kappa shape index (κ1) is 17.4. The fourth-order valence-electron chi connectivity index (χ4n) is 1.86. The summed E-state index contributed by atoms with van der Waals surface area (Å²) in [6.45, 7) is 4.07. The van der Waals surface area contributed by atoms with Gasteiger partial charge in [-0.1, -0.05) is 19.1 Å². The highest BCUT2D eigenvalue weighted by Crippen LogP contribution is 2.27. The summed E-state index contributed by atoms with van der Waals surface area (Å²) in [4.78, 5) is 0. The van der Waals surface area contributed by atoms with Gasteiger partial charge in [0.15, 0.2) is 0 Å².